The minimum atomic E-state index is 0.0485. The van der Waals surface area contributed by atoms with Crippen molar-refractivity contribution in [3.63, 3.8) is 0 Å². The van der Waals surface area contributed by atoms with Crippen LogP contribution in [-0.2, 0) is 4.79 Å². The van der Waals surface area contributed by atoms with Gasteiger partial charge >= 0.3 is 0 Å². The fourth-order valence-corrected chi connectivity index (χ4v) is 2.62. The second kappa shape index (κ2) is 6.86. The summed E-state index contributed by atoms with van der Waals surface area (Å²) >= 11 is 0. The Kier molecular flexibility index (Phi) is 5.77. The Morgan fingerprint density at radius 1 is 1.44 bits per heavy atom. The molecule has 1 rings (SSSR count). The molecule has 2 unspecified atom stereocenters. The molecular weight excluding hydrogens is 202 g/mol. The summed E-state index contributed by atoms with van der Waals surface area (Å²) in [5.74, 6) is 0.684. The molecule has 2 atom stereocenters. The largest absolute Gasteiger partial charge is 0.355 e. The van der Waals surface area contributed by atoms with E-state index in [2.05, 4.69) is 17.3 Å². The van der Waals surface area contributed by atoms with E-state index in [1.54, 1.807) is 6.92 Å². The zero-order chi connectivity index (χ0) is 12.0. The van der Waals surface area contributed by atoms with Crippen molar-refractivity contribution in [2.45, 2.75) is 38.6 Å². The van der Waals surface area contributed by atoms with Gasteiger partial charge in [0, 0.05) is 26.1 Å². The summed E-state index contributed by atoms with van der Waals surface area (Å²) in [5.41, 5.74) is 5.81. The van der Waals surface area contributed by atoms with Crippen LogP contribution in [-0.4, -0.2) is 43.5 Å². The van der Waals surface area contributed by atoms with Crippen LogP contribution in [0.25, 0.3) is 0 Å². The molecule has 4 heteroatoms. The van der Waals surface area contributed by atoms with Gasteiger partial charge in [-0.3, -0.25) is 4.79 Å². The molecule has 0 aromatic heterocycles. The number of amides is 1. The van der Waals surface area contributed by atoms with Crippen LogP contribution in [0.1, 0.15) is 32.6 Å². The molecule has 0 aromatic carbocycles. The summed E-state index contributed by atoms with van der Waals surface area (Å²) in [7, 11) is 2.14. The second-order valence-corrected chi connectivity index (χ2v) is 4.81. The Balaban J connectivity index is 2.32. The van der Waals surface area contributed by atoms with E-state index in [0.717, 1.165) is 19.6 Å². The summed E-state index contributed by atoms with van der Waals surface area (Å²) in [5, 5.41) is 2.84. The zero-order valence-electron chi connectivity index (χ0n) is 10.5. The molecule has 0 saturated heterocycles. The predicted molar refractivity (Wildman–Crippen MR) is 66.1 cm³/mol. The molecule has 0 aliphatic heterocycles. The molecule has 94 valence electrons. The Bertz CT molecular complexity index is 220. The van der Waals surface area contributed by atoms with Crippen LogP contribution in [0.3, 0.4) is 0 Å². The molecule has 0 bridgehead atoms. The highest BCUT2D eigenvalue weighted by atomic mass is 16.1. The van der Waals surface area contributed by atoms with E-state index < -0.39 is 0 Å². The van der Waals surface area contributed by atoms with E-state index in [9.17, 15) is 4.79 Å². The van der Waals surface area contributed by atoms with Gasteiger partial charge in [-0.05, 0) is 32.4 Å². The van der Waals surface area contributed by atoms with Gasteiger partial charge in [-0.25, -0.2) is 0 Å². The van der Waals surface area contributed by atoms with Gasteiger partial charge in [0.1, 0.15) is 0 Å². The van der Waals surface area contributed by atoms with Gasteiger partial charge in [0.15, 0.2) is 0 Å². The maximum atomic E-state index is 10.8. The highest BCUT2D eigenvalue weighted by Gasteiger charge is 2.26. The summed E-state index contributed by atoms with van der Waals surface area (Å²) in [6, 6.07) is 0.604. The molecule has 4 nitrogen and oxygen atoms in total. The number of likely N-dealkylation sites (N-methyl/N-ethyl adjacent to an activating group) is 1. The van der Waals surface area contributed by atoms with E-state index in [4.69, 9.17) is 5.73 Å². The smallest absolute Gasteiger partial charge is 0.216 e. The average Bonchev–Trinajstić information content (AvgIpc) is 2.28. The van der Waals surface area contributed by atoms with E-state index >= 15 is 0 Å². The maximum Gasteiger partial charge on any atom is 0.216 e. The lowest BCUT2D eigenvalue weighted by atomic mass is 9.84. The first-order valence-corrected chi connectivity index (χ1v) is 6.30. The van der Waals surface area contributed by atoms with Crippen molar-refractivity contribution in [1.29, 1.82) is 0 Å². The van der Waals surface area contributed by atoms with Crippen LogP contribution < -0.4 is 11.1 Å². The van der Waals surface area contributed by atoms with E-state index in [1.165, 1.54) is 25.7 Å². The minimum Gasteiger partial charge on any atom is -0.355 e. The molecule has 0 aromatic rings. The first kappa shape index (κ1) is 13.5. The van der Waals surface area contributed by atoms with Crippen LogP contribution in [0.4, 0.5) is 0 Å². The number of nitrogens with one attached hydrogen (secondary N) is 1. The molecule has 3 N–H and O–H groups in total. The van der Waals surface area contributed by atoms with Crippen LogP contribution >= 0.6 is 0 Å². The summed E-state index contributed by atoms with van der Waals surface area (Å²) in [6.45, 7) is 4.00. The van der Waals surface area contributed by atoms with Gasteiger partial charge in [0.2, 0.25) is 5.91 Å². The fraction of sp³-hybridized carbons (Fsp3) is 0.917. The molecule has 0 spiro atoms. The number of rotatable bonds is 5. The highest BCUT2D eigenvalue weighted by molar-refractivity contribution is 5.72. The summed E-state index contributed by atoms with van der Waals surface area (Å²) < 4.78 is 0. The van der Waals surface area contributed by atoms with Crippen molar-refractivity contribution in [1.82, 2.24) is 10.2 Å². The molecule has 1 fully saturated rings. The molecular formula is C12H25N3O. The molecule has 16 heavy (non-hydrogen) atoms. The topological polar surface area (TPSA) is 58.4 Å². The van der Waals surface area contributed by atoms with Crippen molar-refractivity contribution < 1.29 is 4.79 Å². The van der Waals surface area contributed by atoms with Crippen molar-refractivity contribution in [3.05, 3.63) is 0 Å². The molecule has 1 aliphatic rings. The van der Waals surface area contributed by atoms with E-state index in [-0.39, 0.29) is 5.91 Å². The van der Waals surface area contributed by atoms with Crippen molar-refractivity contribution in [2.75, 3.05) is 26.7 Å². The van der Waals surface area contributed by atoms with E-state index in [0.29, 0.717) is 12.0 Å². The van der Waals surface area contributed by atoms with Gasteiger partial charge < -0.3 is 16.0 Å². The number of carbonyl (C=O) groups is 1. The summed E-state index contributed by atoms with van der Waals surface area (Å²) in [6.07, 6.45) is 5.13. The molecule has 1 saturated carbocycles. The van der Waals surface area contributed by atoms with Gasteiger partial charge in [0.25, 0.3) is 0 Å². The SMILES string of the molecule is CC(=O)NCCN(C)C1CCCCC1CN. The summed E-state index contributed by atoms with van der Waals surface area (Å²) in [4.78, 5) is 13.1. The molecule has 0 radical (unpaired) electrons. The van der Waals surface area contributed by atoms with Crippen molar-refractivity contribution in [3.8, 4) is 0 Å². The normalized spacial score (nSPS) is 25.8. The third-order valence-corrected chi connectivity index (χ3v) is 3.58. The highest BCUT2D eigenvalue weighted by Crippen LogP contribution is 2.26. The van der Waals surface area contributed by atoms with Crippen LogP contribution in [0.15, 0.2) is 0 Å². The van der Waals surface area contributed by atoms with Gasteiger partial charge in [-0.1, -0.05) is 12.8 Å². The number of hydrogen-bond acceptors (Lipinski definition) is 3. The lowest BCUT2D eigenvalue weighted by Crippen LogP contribution is -2.45. The second-order valence-electron chi connectivity index (χ2n) is 4.81. The van der Waals surface area contributed by atoms with Crippen LogP contribution in [0.2, 0.25) is 0 Å². The molecule has 1 aliphatic carbocycles. The number of nitrogens with two attached hydrogens (primary N) is 1. The van der Waals surface area contributed by atoms with Crippen LogP contribution in [0.5, 0.6) is 0 Å². The van der Waals surface area contributed by atoms with Gasteiger partial charge in [-0.2, -0.15) is 0 Å². The number of nitrogens with zero attached hydrogens (tertiary/aromatic N) is 1. The quantitative estimate of drug-likeness (QED) is 0.722. The third kappa shape index (κ3) is 4.10. The van der Waals surface area contributed by atoms with Crippen LogP contribution in [0, 0.1) is 5.92 Å². The lowest BCUT2D eigenvalue weighted by Gasteiger charge is -2.37. The Hall–Kier alpha value is -0.610. The number of carbonyl (C=O) groups excluding carboxylic acids is 1. The van der Waals surface area contributed by atoms with Crippen molar-refractivity contribution in [2.24, 2.45) is 11.7 Å². The predicted octanol–water partition coefficient (Wildman–Crippen LogP) is 0.572. The Labute approximate surface area is 98.6 Å². The number of hydrogen-bond donors (Lipinski definition) is 2. The van der Waals surface area contributed by atoms with Gasteiger partial charge in [-0.15, -0.1) is 0 Å². The van der Waals surface area contributed by atoms with E-state index in [1.807, 2.05) is 0 Å². The standard InChI is InChI=1S/C12H25N3O/c1-10(16)14-7-8-15(2)12-6-4-3-5-11(12)9-13/h11-12H,3-9,13H2,1-2H3,(H,14,16). The maximum absolute atomic E-state index is 10.8. The Morgan fingerprint density at radius 2 is 2.12 bits per heavy atom. The van der Waals surface area contributed by atoms with Gasteiger partial charge in [0.05, 0.1) is 0 Å². The monoisotopic (exact) mass is 227 g/mol. The lowest BCUT2D eigenvalue weighted by molar-refractivity contribution is -0.119. The molecule has 1 amide bonds. The van der Waals surface area contributed by atoms with Crippen molar-refractivity contribution >= 4 is 5.91 Å². The first-order chi connectivity index (χ1) is 7.65. The minimum absolute atomic E-state index is 0.0485. The molecule has 0 heterocycles. The first-order valence-electron chi connectivity index (χ1n) is 6.30. The average molecular weight is 227 g/mol. The fourth-order valence-electron chi connectivity index (χ4n) is 2.62. The third-order valence-electron chi connectivity index (χ3n) is 3.58. The Morgan fingerprint density at radius 3 is 2.75 bits per heavy atom. The zero-order valence-corrected chi connectivity index (χ0v) is 10.5.